The quantitative estimate of drug-likeness (QED) is 0.668. The van der Waals surface area contributed by atoms with Crippen molar-refractivity contribution < 1.29 is 12.8 Å². The second kappa shape index (κ2) is 6.11. The topological polar surface area (TPSA) is 72.2 Å². The molecular weight excluding hydrogens is 315 g/mol. The monoisotopic (exact) mass is 328 g/mol. The van der Waals surface area contributed by atoms with Crippen LogP contribution in [0.25, 0.3) is 0 Å². The summed E-state index contributed by atoms with van der Waals surface area (Å²) in [5.74, 6) is 5.01. The highest BCUT2D eigenvalue weighted by atomic mass is 35.5. The van der Waals surface area contributed by atoms with Crippen LogP contribution in [0.1, 0.15) is 17.2 Å². The van der Waals surface area contributed by atoms with Gasteiger partial charge in [-0.25, -0.2) is 18.2 Å². The number of halogens is 2. The van der Waals surface area contributed by atoms with Gasteiger partial charge in [0.15, 0.2) is 9.84 Å². The fourth-order valence-corrected chi connectivity index (χ4v) is 2.80. The summed E-state index contributed by atoms with van der Waals surface area (Å²) in [6, 6.07) is 9.81. The summed E-state index contributed by atoms with van der Waals surface area (Å²) in [5, 5.41) is 0.291. The maximum Gasteiger partial charge on any atom is 0.175 e. The van der Waals surface area contributed by atoms with Crippen LogP contribution in [0.4, 0.5) is 4.39 Å². The summed E-state index contributed by atoms with van der Waals surface area (Å²) in [7, 11) is -3.27. The maximum absolute atomic E-state index is 14.0. The van der Waals surface area contributed by atoms with E-state index < -0.39 is 21.7 Å². The molecule has 0 heterocycles. The smallest absolute Gasteiger partial charge is 0.175 e. The van der Waals surface area contributed by atoms with Crippen LogP contribution in [0.5, 0.6) is 0 Å². The van der Waals surface area contributed by atoms with E-state index in [0.717, 1.165) is 6.26 Å². The summed E-state index contributed by atoms with van der Waals surface area (Å²) < 4.78 is 36.8. The van der Waals surface area contributed by atoms with E-state index in [4.69, 9.17) is 17.4 Å². The first-order valence-corrected chi connectivity index (χ1v) is 8.31. The van der Waals surface area contributed by atoms with E-state index in [9.17, 15) is 12.8 Å². The van der Waals surface area contributed by atoms with Crippen molar-refractivity contribution in [2.45, 2.75) is 10.9 Å². The van der Waals surface area contributed by atoms with Gasteiger partial charge < -0.3 is 0 Å². The Hall–Kier alpha value is -1.47. The SMILES string of the molecule is CS(=O)(=O)c1ccc(C(NN)c2ccc(Cl)cc2F)cc1. The molecule has 1 atom stereocenters. The fraction of sp³-hybridized carbons (Fsp3) is 0.143. The number of hydrogen-bond acceptors (Lipinski definition) is 4. The molecule has 1 unspecified atom stereocenters. The highest BCUT2D eigenvalue weighted by Crippen LogP contribution is 2.26. The third-order valence-corrected chi connectivity index (χ3v) is 4.45. The fourth-order valence-electron chi connectivity index (χ4n) is 2.01. The van der Waals surface area contributed by atoms with Gasteiger partial charge in [0, 0.05) is 16.8 Å². The average Bonchev–Trinajstić information content (AvgIpc) is 2.41. The highest BCUT2D eigenvalue weighted by Gasteiger charge is 2.17. The molecular formula is C14H14ClFN2O2S. The van der Waals surface area contributed by atoms with E-state index in [-0.39, 0.29) is 4.90 Å². The van der Waals surface area contributed by atoms with Gasteiger partial charge in [0.2, 0.25) is 0 Å². The lowest BCUT2D eigenvalue weighted by atomic mass is 9.99. The molecule has 4 nitrogen and oxygen atoms in total. The predicted molar refractivity (Wildman–Crippen MR) is 80.1 cm³/mol. The molecule has 0 radical (unpaired) electrons. The minimum absolute atomic E-state index is 0.193. The largest absolute Gasteiger partial charge is 0.271 e. The second-order valence-corrected chi connectivity index (χ2v) is 7.06. The van der Waals surface area contributed by atoms with E-state index in [1.54, 1.807) is 18.2 Å². The molecule has 0 aromatic heterocycles. The number of hydrogen-bond donors (Lipinski definition) is 2. The first-order chi connectivity index (χ1) is 9.82. The van der Waals surface area contributed by atoms with Gasteiger partial charge in [0.05, 0.1) is 10.9 Å². The van der Waals surface area contributed by atoms with Crippen molar-refractivity contribution in [1.82, 2.24) is 5.43 Å². The number of nitrogens with two attached hydrogens (primary N) is 1. The number of nitrogens with one attached hydrogen (secondary N) is 1. The lowest BCUT2D eigenvalue weighted by Crippen LogP contribution is -2.29. The van der Waals surface area contributed by atoms with E-state index in [2.05, 4.69) is 5.43 Å². The zero-order chi connectivity index (χ0) is 15.6. The van der Waals surface area contributed by atoms with E-state index >= 15 is 0 Å². The molecule has 2 rings (SSSR count). The van der Waals surface area contributed by atoms with E-state index in [0.29, 0.717) is 16.1 Å². The Bertz CT molecular complexity index is 748. The van der Waals surface area contributed by atoms with Crippen LogP contribution >= 0.6 is 11.6 Å². The Morgan fingerprint density at radius 3 is 2.29 bits per heavy atom. The lowest BCUT2D eigenvalue weighted by molar-refractivity contribution is 0.560. The van der Waals surface area contributed by atoms with E-state index in [1.165, 1.54) is 24.3 Å². The molecule has 0 aliphatic carbocycles. The molecule has 0 bridgehead atoms. The maximum atomic E-state index is 14.0. The van der Waals surface area contributed by atoms with Crippen molar-refractivity contribution >= 4 is 21.4 Å². The Morgan fingerprint density at radius 1 is 1.19 bits per heavy atom. The molecule has 0 saturated heterocycles. The molecule has 21 heavy (non-hydrogen) atoms. The van der Waals surface area contributed by atoms with Gasteiger partial charge in [0.1, 0.15) is 5.82 Å². The van der Waals surface area contributed by atoms with Gasteiger partial charge in [-0.3, -0.25) is 5.84 Å². The number of benzene rings is 2. The van der Waals surface area contributed by atoms with E-state index in [1.807, 2.05) is 0 Å². The normalized spacial score (nSPS) is 13.1. The highest BCUT2D eigenvalue weighted by molar-refractivity contribution is 7.90. The van der Waals surface area contributed by atoms with Crippen LogP contribution in [0.15, 0.2) is 47.4 Å². The zero-order valence-corrected chi connectivity index (χ0v) is 12.7. The Morgan fingerprint density at radius 2 is 1.81 bits per heavy atom. The standard InChI is InChI=1S/C14H14ClFN2O2S/c1-21(19,20)11-5-2-9(3-6-11)14(18-17)12-7-4-10(15)8-13(12)16/h2-8,14,18H,17H2,1H3. The van der Waals surface area contributed by atoms with Crippen molar-refractivity contribution in [1.29, 1.82) is 0 Å². The van der Waals surface area contributed by atoms with Crippen LogP contribution in [-0.2, 0) is 9.84 Å². The Kier molecular flexibility index (Phi) is 4.63. The molecule has 112 valence electrons. The molecule has 0 aliphatic heterocycles. The van der Waals surface area contributed by atoms with Gasteiger partial charge in [-0.15, -0.1) is 0 Å². The third kappa shape index (κ3) is 3.59. The van der Waals surface area contributed by atoms with Crippen molar-refractivity contribution in [3.8, 4) is 0 Å². The first kappa shape index (κ1) is 15.9. The van der Waals surface area contributed by atoms with Crippen LogP contribution in [0, 0.1) is 5.82 Å². The molecule has 0 aliphatic rings. The molecule has 2 aromatic carbocycles. The summed E-state index contributed by atoms with van der Waals surface area (Å²) in [4.78, 5) is 0.193. The average molecular weight is 329 g/mol. The van der Waals surface area contributed by atoms with Crippen LogP contribution in [0.2, 0.25) is 5.02 Å². The summed E-state index contributed by atoms with van der Waals surface area (Å²) in [5.41, 5.74) is 3.49. The van der Waals surface area contributed by atoms with Crippen molar-refractivity contribution in [2.24, 2.45) is 5.84 Å². The summed E-state index contributed by atoms with van der Waals surface area (Å²) in [6.45, 7) is 0. The Balaban J connectivity index is 2.42. The van der Waals surface area contributed by atoms with Gasteiger partial charge in [-0.2, -0.15) is 0 Å². The first-order valence-electron chi connectivity index (χ1n) is 6.04. The number of rotatable bonds is 4. The van der Waals surface area contributed by atoms with Gasteiger partial charge in [-0.05, 0) is 29.8 Å². The second-order valence-electron chi connectivity index (χ2n) is 4.61. The van der Waals surface area contributed by atoms with Crippen molar-refractivity contribution in [3.05, 3.63) is 64.4 Å². The minimum Gasteiger partial charge on any atom is -0.271 e. The minimum atomic E-state index is -3.27. The van der Waals surface area contributed by atoms with Crippen LogP contribution in [0.3, 0.4) is 0 Å². The molecule has 0 amide bonds. The van der Waals surface area contributed by atoms with Gasteiger partial charge >= 0.3 is 0 Å². The van der Waals surface area contributed by atoms with Gasteiger partial charge in [-0.1, -0.05) is 29.8 Å². The molecule has 7 heteroatoms. The number of hydrazine groups is 1. The summed E-state index contributed by atoms with van der Waals surface area (Å²) >= 11 is 5.72. The predicted octanol–water partition coefficient (Wildman–Crippen LogP) is 2.44. The van der Waals surface area contributed by atoms with Crippen LogP contribution in [-0.4, -0.2) is 14.7 Å². The molecule has 0 fully saturated rings. The van der Waals surface area contributed by atoms with Crippen molar-refractivity contribution in [2.75, 3.05) is 6.26 Å². The lowest BCUT2D eigenvalue weighted by Gasteiger charge is -2.18. The zero-order valence-electron chi connectivity index (χ0n) is 11.2. The molecule has 0 spiro atoms. The third-order valence-electron chi connectivity index (χ3n) is 3.08. The molecule has 0 saturated carbocycles. The molecule has 3 N–H and O–H groups in total. The van der Waals surface area contributed by atoms with Crippen LogP contribution < -0.4 is 11.3 Å². The Labute approximate surface area is 127 Å². The summed E-state index contributed by atoms with van der Waals surface area (Å²) in [6.07, 6.45) is 1.12. The van der Waals surface area contributed by atoms with Crippen molar-refractivity contribution in [3.63, 3.8) is 0 Å². The van der Waals surface area contributed by atoms with Gasteiger partial charge in [0.25, 0.3) is 0 Å². The number of sulfone groups is 1. The molecule has 2 aromatic rings.